The van der Waals surface area contributed by atoms with Gasteiger partial charge in [0.05, 0.1) is 19.4 Å². The molecule has 0 radical (unpaired) electrons. The molecule has 49 heavy (non-hydrogen) atoms. The monoisotopic (exact) mass is 669 g/mol. The molecule has 1 saturated heterocycles. The van der Waals surface area contributed by atoms with Crippen molar-refractivity contribution in [3.05, 3.63) is 73.3 Å². The summed E-state index contributed by atoms with van der Waals surface area (Å²) < 4.78 is 23.2. The van der Waals surface area contributed by atoms with Crippen LogP contribution in [0.15, 0.2) is 77.7 Å². The van der Waals surface area contributed by atoms with Crippen LogP contribution in [0.2, 0.25) is 0 Å². The number of methoxy groups -OCH3 is 1. The maximum atomic E-state index is 14.0. The molecule has 0 saturated carbocycles. The third kappa shape index (κ3) is 8.99. The number of aromatic nitrogens is 1. The summed E-state index contributed by atoms with van der Waals surface area (Å²) in [6.07, 6.45) is 6.05. The van der Waals surface area contributed by atoms with Crippen molar-refractivity contribution in [2.75, 3.05) is 20.3 Å². The molecule has 4 aromatic rings. The van der Waals surface area contributed by atoms with Crippen LogP contribution in [0.5, 0.6) is 5.75 Å². The third-order valence-electron chi connectivity index (χ3n) is 8.68. The number of amides is 2. The second kappa shape index (κ2) is 16.0. The molecule has 5 rings (SSSR count). The van der Waals surface area contributed by atoms with Crippen molar-refractivity contribution in [2.45, 2.75) is 83.4 Å². The number of allylic oxidation sites excluding steroid dienone is 1. The first kappa shape index (κ1) is 35.4. The highest BCUT2D eigenvalue weighted by Gasteiger charge is 2.42. The number of furan rings is 1. The van der Waals surface area contributed by atoms with Gasteiger partial charge in [-0.25, -0.2) is 14.6 Å². The number of likely N-dealkylation sites (tertiary alicyclic amines) is 1. The molecule has 1 N–H and O–H groups in total. The number of ether oxygens (including phenoxy) is 3. The maximum Gasteiger partial charge on any atom is 0.408 e. The number of rotatable bonds is 14. The smallest absolute Gasteiger partial charge is 0.408 e. The van der Waals surface area contributed by atoms with Crippen LogP contribution in [0.3, 0.4) is 0 Å². The van der Waals surface area contributed by atoms with Gasteiger partial charge in [0.15, 0.2) is 11.3 Å². The van der Waals surface area contributed by atoms with E-state index in [9.17, 15) is 14.4 Å². The van der Waals surface area contributed by atoms with Gasteiger partial charge in [-0.1, -0.05) is 61.4 Å². The molecule has 1 aliphatic rings. The van der Waals surface area contributed by atoms with Crippen molar-refractivity contribution < 1.29 is 33.0 Å². The van der Waals surface area contributed by atoms with Crippen molar-refractivity contribution in [1.29, 1.82) is 0 Å². The number of fused-ring (bicyclic) bond motifs is 3. The van der Waals surface area contributed by atoms with Gasteiger partial charge in [0, 0.05) is 23.6 Å². The second-order valence-corrected chi connectivity index (χ2v) is 13.5. The molecule has 1 aliphatic heterocycles. The number of nitrogens with one attached hydrogen (secondary N) is 1. The first-order valence-electron chi connectivity index (χ1n) is 17.1. The maximum absolute atomic E-state index is 14.0. The molecular weight excluding hydrogens is 622 g/mol. The Hall–Kier alpha value is -4.86. The average molecular weight is 670 g/mol. The van der Waals surface area contributed by atoms with E-state index in [1.54, 1.807) is 25.7 Å². The van der Waals surface area contributed by atoms with Crippen LogP contribution >= 0.6 is 0 Å². The molecule has 10 nitrogen and oxygen atoms in total. The van der Waals surface area contributed by atoms with E-state index >= 15 is 0 Å². The normalized spacial score (nSPS) is 16.8. The zero-order valence-corrected chi connectivity index (χ0v) is 28.9. The lowest BCUT2D eigenvalue weighted by molar-refractivity contribution is -0.151. The lowest BCUT2D eigenvalue weighted by atomic mass is 10.0. The lowest BCUT2D eigenvalue weighted by Gasteiger charge is -2.29. The van der Waals surface area contributed by atoms with E-state index in [4.69, 9.17) is 23.6 Å². The Morgan fingerprint density at radius 3 is 2.57 bits per heavy atom. The largest absolute Gasteiger partial charge is 0.489 e. The minimum atomic E-state index is -0.838. The Balaban J connectivity index is 1.31. The summed E-state index contributed by atoms with van der Waals surface area (Å²) in [5, 5.41) is 3.68. The molecular formula is C39H47N3O7. The van der Waals surface area contributed by atoms with Crippen LogP contribution in [0, 0.1) is 5.92 Å². The van der Waals surface area contributed by atoms with E-state index in [0.717, 1.165) is 53.4 Å². The predicted molar refractivity (Wildman–Crippen MR) is 189 cm³/mol. The standard InChI is InChI=1S/C39H47N3O7/c1-6-7-8-9-13-19-29(41-38(45)49-39(2,3)4)36(43)42-25-26(23-31(42)37(44)46-5)21-22-47-33-24-30(27-16-11-10-12-17-27)40-34-28-18-14-15-20-32(28)48-35(33)34/h6,10-12,14-18,20,24,26,29,31H,1,7-9,13,19,21-23,25H2,2-5H3,(H,41,45). The first-order chi connectivity index (χ1) is 23.6. The van der Waals surface area contributed by atoms with Crippen LogP contribution in [0.4, 0.5) is 4.79 Å². The summed E-state index contributed by atoms with van der Waals surface area (Å²) in [5.41, 5.74) is 3.02. The lowest BCUT2D eigenvalue weighted by Crippen LogP contribution is -2.52. The number of carbonyl (C=O) groups excluding carboxylic acids is 3. The average Bonchev–Trinajstić information content (AvgIpc) is 3.68. The molecule has 1 fully saturated rings. The minimum Gasteiger partial charge on any atom is -0.489 e. The zero-order valence-electron chi connectivity index (χ0n) is 28.9. The number of benzene rings is 2. The first-order valence-corrected chi connectivity index (χ1v) is 17.1. The van der Waals surface area contributed by atoms with E-state index < -0.39 is 29.7 Å². The molecule has 10 heteroatoms. The highest BCUT2D eigenvalue weighted by molar-refractivity contribution is 6.05. The SMILES string of the molecule is C=CCCCCCC(NC(=O)OC(C)(C)C)C(=O)N1CC(CCOc2cc(-c3ccccc3)nc3c2oc2ccccc23)CC1C(=O)OC. The highest BCUT2D eigenvalue weighted by atomic mass is 16.6. The Morgan fingerprint density at radius 2 is 1.84 bits per heavy atom. The van der Waals surface area contributed by atoms with Crippen molar-refractivity contribution in [3.8, 4) is 17.0 Å². The van der Waals surface area contributed by atoms with Crippen molar-refractivity contribution in [2.24, 2.45) is 5.92 Å². The number of unbranched alkanes of at least 4 members (excludes halogenated alkanes) is 3. The molecule has 3 heterocycles. The quantitative estimate of drug-likeness (QED) is 0.0819. The van der Waals surface area contributed by atoms with E-state index in [1.807, 2.05) is 66.7 Å². The van der Waals surface area contributed by atoms with Gasteiger partial charge in [-0.2, -0.15) is 0 Å². The Morgan fingerprint density at radius 1 is 1.08 bits per heavy atom. The predicted octanol–water partition coefficient (Wildman–Crippen LogP) is 7.84. The van der Waals surface area contributed by atoms with Gasteiger partial charge in [-0.15, -0.1) is 6.58 Å². The number of carbonyl (C=O) groups is 3. The van der Waals surface area contributed by atoms with Gasteiger partial charge in [-0.05, 0) is 70.9 Å². The van der Waals surface area contributed by atoms with Crippen LogP contribution < -0.4 is 10.1 Å². The van der Waals surface area contributed by atoms with Crippen LogP contribution in [0.25, 0.3) is 33.3 Å². The van der Waals surface area contributed by atoms with E-state index in [1.165, 1.54) is 7.11 Å². The molecule has 2 aromatic carbocycles. The van der Waals surface area contributed by atoms with Gasteiger partial charge in [-0.3, -0.25) is 4.79 Å². The molecule has 0 bridgehead atoms. The summed E-state index contributed by atoms with van der Waals surface area (Å²) in [7, 11) is 1.32. The Labute approximate surface area is 287 Å². The van der Waals surface area contributed by atoms with Gasteiger partial charge < -0.3 is 28.8 Å². The molecule has 0 spiro atoms. The minimum absolute atomic E-state index is 0.0376. The van der Waals surface area contributed by atoms with Crippen LogP contribution in [-0.2, 0) is 19.1 Å². The number of nitrogens with zero attached hydrogens (tertiary/aromatic N) is 2. The summed E-state index contributed by atoms with van der Waals surface area (Å²) >= 11 is 0. The molecule has 3 unspecified atom stereocenters. The zero-order chi connectivity index (χ0) is 35.0. The Bertz CT molecular complexity index is 1760. The number of pyridine rings is 1. The van der Waals surface area contributed by atoms with Gasteiger partial charge in [0.2, 0.25) is 5.91 Å². The third-order valence-corrected chi connectivity index (χ3v) is 8.68. The van der Waals surface area contributed by atoms with Crippen LogP contribution in [0.1, 0.15) is 65.7 Å². The summed E-state index contributed by atoms with van der Waals surface area (Å²) in [4.78, 5) is 46.2. The summed E-state index contributed by atoms with van der Waals surface area (Å²) in [6.45, 7) is 9.74. The number of para-hydroxylation sites is 1. The summed E-state index contributed by atoms with van der Waals surface area (Å²) in [5.74, 6) is -0.263. The number of hydrogen-bond donors (Lipinski definition) is 1. The van der Waals surface area contributed by atoms with Crippen molar-refractivity contribution in [1.82, 2.24) is 15.2 Å². The van der Waals surface area contributed by atoms with Crippen LogP contribution in [-0.4, -0.2) is 65.8 Å². The molecule has 2 amide bonds. The fourth-order valence-electron chi connectivity index (χ4n) is 6.31. The van der Waals surface area contributed by atoms with Gasteiger partial charge >= 0.3 is 12.1 Å². The molecule has 260 valence electrons. The van der Waals surface area contributed by atoms with E-state index in [2.05, 4.69) is 11.9 Å². The fraction of sp³-hybridized carbons (Fsp3) is 0.436. The van der Waals surface area contributed by atoms with Gasteiger partial charge in [0.1, 0.15) is 28.8 Å². The Kier molecular flexibility index (Phi) is 11.6. The molecule has 0 aliphatic carbocycles. The van der Waals surface area contributed by atoms with Crippen molar-refractivity contribution in [3.63, 3.8) is 0 Å². The van der Waals surface area contributed by atoms with E-state index in [-0.39, 0.29) is 11.8 Å². The number of hydrogen-bond acceptors (Lipinski definition) is 8. The summed E-state index contributed by atoms with van der Waals surface area (Å²) in [6, 6.07) is 18.0. The number of esters is 1. The number of alkyl carbamates (subject to hydrolysis) is 1. The topological polar surface area (TPSA) is 120 Å². The second-order valence-electron chi connectivity index (χ2n) is 13.5. The molecule has 2 aromatic heterocycles. The molecule has 3 atom stereocenters. The van der Waals surface area contributed by atoms with Crippen molar-refractivity contribution >= 4 is 40.0 Å². The van der Waals surface area contributed by atoms with E-state index in [0.29, 0.717) is 43.7 Å². The highest BCUT2D eigenvalue weighted by Crippen LogP contribution is 2.37. The van der Waals surface area contributed by atoms with Gasteiger partial charge in [0.25, 0.3) is 0 Å². The fourth-order valence-corrected chi connectivity index (χ4v) is 6.31.